The fourth-order valence-electron chi connectivity index (χ4n) is 1.85. The highest BCUT2D eigenvalue weighted by molar-refractivity contribution is 7.98. The van der Waals surface area contributed by atoms with Gasteiger partial charge in [0.25, 0.3) is 0 Å². The number of benzene rings is 1. The Labute approximate surface area is 123 Å². The molecular weight excluding hydrogens is 298 g/mol. The molecule has 1 atom stereocenters. The third kappa shape index (κ3) is 4.22. The standard InChI is InChI=1S/C13H19NO4S2/c1-4-10-5-6-11(7-12(10)13(15)16)20(17,18)14-9(2)8-19-3/h5-7,9,14H,4,8H2,1-3H3,(H,15,16). The second-order valence-corrected chi connectivity index (χ2v) is 7.08. The van der Waals surface area contributed by atoms with Crippen LogP contribution in [0.4, 0.5) is 0 Å². The van der Waals surface area contributed by atoms with Crippen molar-refractivity contribution >= 4 is 27.8 Å². The molecule has 1 aromatic carbocycles. The van der Waals surface area contributed by atoms with Gasteiger partial charge in [-0.2, -0.15) is 11.8 Å². The molecule has 7 heteroatoms. The monoisotopic (exact) mass is 317 g/mol. The fourth-order valence-corrected chi connectivity index (χ4v) is 3.81. The molecule has 0 radical (unpaired) electrons. The minimum atomic E-state index is -3.69. The number of thioether (sulfide) groups is 1. The summed E-state index contributed by atoms with van der Waals surface area (Å²) in [7, 11) is -3.69. The van der Waals surface area contributed by atoms with E-state index >= 15 is 0 Å². The Morgan fingerprint density at radius 3 is 2.60 bits per heavy atom. The number of sulfonamides is 1. The van der Waals surface area contributed by atoms with E-state index in [4.69, 9.17) is 5.11 Å². The number of aryl methyl sites for hydroxylation is 1. The number of rotatable bonds is 7. The maximum Gasteiger partial charge on any atom is 0.336 e. The maximum atomic E-state index is 12.2. The van der Waals surface area contributed by atoms with Crippen molar-refractivity contribution in [2.45, 2.75) is 31.2 Å². The van der Waals surface area contributed by atoms with Crippen molar-refractivity contribution in [2.24, 2.45) is 0 Å². The third-order valence-corrected chi connectivity index (χ3v) is 5.20. The van der Waals surface area contributed by atoms with E-state index in [-0.39, 0.29) is 16.5 Å². The average Bonchev–Trinajstić information content (AvgIpc) is 2.37. The lowest BCUT2D eigenvalue weighted by molar-refractivity contribution is 0.0695. The van der Waals surface area contributed by atoms with Crippen molar-refractivity contribution < 1.29 is 18.3 Å². The predicted octanol–water partition coefficient (Wildman–Crippen LogP) is 1.98. The molecule has 0 saturated carbocycles. The topological polar surface area (TPSA) is 83.5 Å². The molecule has 0 aliphatic heterocycles. The highest BCUT2D eigenvalue weighted by atomic mass is 32.2. The SMILES string of the molecule is CCc1ccc(S(=O)(=O)NC(C)CSC)cc1C(=O)O. The summed E-state index contributed by atoms with van der Waals surface area (Å²) in [5, 5.41) is 9.13. The zero-order chi connectivity index (χ0) is 15.3. The highest BCUT2D eigenvalue weighted by Gasteiger charge is 2.20. The van der Waals surface area contributed by atoms with Gasteiger partial charge in [0, 0.05) is 11.8 Å². The number of nitrogens with one attached hydrogen (secondary N) is 1. The summed E-state index contributed by atoms with van der Waals surface area (Å²) in [6.07, 6.45) is 2.43. The van der Waals surface area contributed by atoms with Crippen molar-refractivity contribution in [2.75, 3.05) is 12.0 Å². The number of carboxylic acid groups (broad SMARTS) is 1. The molecule has 112 valence electrons. The van der Waals surface area contributed by atoms with E-state index in [1.165, 1.54) is 23.9 Å². The number of hydrogen-bond acceptors (Lipinski definition) is 4. The van der Waals surface area contributed by atoms with Crippen molar-refractivity contribution in [3.63, 3.8) is 0 Å². The van der Waals surface area contributed by atoms with Crippen LogP contribution in [-0.2, 0) is 16.4 Å². The molecular formula is C13H19NO4S2. The molecule has 0 aliphatic carbocycles. The van der Waals surface area contributed by atoms with Gasteiger partial charge in [0.15, 0.2) is 0 Å². The van der Waals surface area contributed by atoms with E-state index in [0.717, 1.165) is 0 Å². The highest BCUT2D eigenvalue weighted by Crippen LogP contribution is 2.17. The first kappa shape index (κ1) is 17.0. The zero-order valence-electron chi connectivity index (χ0n) is 11.7. The van der Waals surface area contributed by atoms with Gasteiger partial charge in [-0.25, -0.2) is 17.9 Å². The lowest BCUT2D eigenvalue weighted by Gasteiger charge is -2.14. The van der Waals surface area contributed by atoms with E-state index in [1.807, 2.05) is 13.2 Å². The van der Waals surface area contributed by atoms with Crippen LogP contribution in [0.25, 0.3) is 0 Å². The Kier molecular flexibility index (Phi) is 6.04. The molecule has 0 saturated heterocycles. The van der Waals surface area contributed by atoms with Crippen LogP contribution in [0.2, 0.25) is 0 Å². The fraction of sp³-hybridized carbons (Fsp3) is 0.462. The number of hydrogen-bond donors (Lipinski definition) is 2. The van der Waals surface area contributed by atoms with Crippen LogP contribution < -0.4 is 4.72 Å². The molecule has 0 amide bonds. The van der Waals surface area contributed by atoms with Gasteiger partial charge in [0.2, 0.25) is 10.0 Å². The molecule has 1 aromatic rings. The van der Waals surface area contributed by atoms with Crippen molar-refractivity contribution in [3.8, 4) is 0 Å². The Balaban J connectivity index is 3.13. The minimum Gasteiger partial charge on any atom is -0.478 e. The average molecular weight is 317 g/mol. The smallest absolute Gasteiger partial charge is 0.336 e. The lowest BCUT2D eigenvalue weighted by atomic mass is 10.1. The number of aromatic carboxylic acids is 1. The van der Waals surface area contributed by atoms with E-state index in [2.05, 4.69) is 4.72 Å². The molecule has 0 fully saturated rings. The Hall–Kier alpha value is -1.05. The Morgan fingerprint density at radius 2 is 2.10 bits per heavy atom. The zero-order valence-corrected chi connectivity index (χ0v) is 13.3. The molecule has 0 bridgehead atoms. The molecule has 0 heterocycles. The van der Waals surface area contributed by atoms with Gasteiger partial charge < -0.3 is 5.11 Å². The van der Waals surface area contributed by atoms with Gasteiger partial charge >= 0.3 is 5.97 Å². The first-order chi connectivity index (χ1) is 9.31. The first-order valence-electron chi connectivity index (χ1n) is 6.19. The summed E-state index contributed by atoms with van der Waals surface area (Å²) < 4.78 is 26.9. The largest absolute Gasteiger partial charge is 0.478 e. The minimum absolute atomic E-state index is 0.0138. The second kappa shape index (κ2) is 7.10. The molecule has 0 aromatic heterocycles. The summed E-state index contributed by atoms with van der Waals surface area (Å²) in [5.74, 6) is -0.464. The van der Waals surface area contributed by atoms with Gasteiger partial charge in [0.05, 0.1) is 10.5 Å². The summed E-state index contributed by atoms with van der Waals surface area (Å²) in [6, 6.07) is 4.00. The Morgan fingerprint density at radius 1 is 1.45 bits per heavy atom. The summed E-state index contributed by atoms with van der Waals surface area (Å²) in [4.78, 5) is 11.2. The molecule has 20 heavy (non-hydrogen) atoms. The van der Waals surface area contributed by atoms with E-state index in [0.29, 0.717) is 17.7 Å². The summed E-state index contributed by atoms with van der Waals surface area (Å²) in [5.41, 5.74) is 0.654. The second-order valence-electron chi connectivity index (χ2n) is 4.46. The van der Waals surface area contributed by atoms with Crippen molar-refractivity contribution in [1.82, 2.24) is 4.72 Å². The van der Waals surface area contributed by atoms with Crippen LogP contribution in [0.5, 0.6) is 0 Å². The van der Waals surface area contributed by atoms with E-state index in [9.17, 15) is 13.2 Å². The van der Waals surface area contributed by atoms with Crippen LogP contribution >= 0.6 is 11.8 Å². The number of carbonyl (C=O) groups is 1. The van der Waals surface area contributed by atoms with Crippen LogP contribution in [0.15, 0.2) is 23.1 Å². The Bertz CT molecular complexity index is 584. The van der Waals surface area contributed by atoms with Crippen LogP contribution in [0.1, 0.15) is 29.8 Å². The van der Waals surface area contributed by atoms with Gasteiger partial charge in [-0.05, 0) is 37.3 Å². The summed E-state index contributed by atoms with van der Waals surface area (Å²) in [6.45, 7) is 3.60. The van der Waals surface area contributed by atoms with E-state index < -0.39 is 16.0 Å². The molecule has 5 nitrogen and oxygen atoms in total. The molecule has 2 N–H and O–H groups in total. The van der Waals surface area contributed by atoms with Crippen molar-refractivity contribution in [3.05, 3.63) is 29.3 Å². The maximum absolute atomic E-state index is 12.2. The van der Waals surface area contributed by atoms with E-state index in [1.54, 1.807) is 13.0 Å². The van der Waals surface area contributed by atoms with Gasteiger partial charge in [0.1, 0.15) is 0 Å². The predicted molar refractivity (Wildman–Crippen MR) is 80.9 cm³/mol. The molecule has 0 aliphatic rings. The van der Waals surface area contributed by atoms with Gasteiger partial charge in [-0.1, -0.05) is 13.0 Å². The van der Waals surface area contributed by atoms with Gasteiger partial charge in [-0.3, -0.25) is 0 Å². The van der Waals surface area contributed by atoms with Crippen LogP contribution in [0, 0.1) is 0 Å². The summed E-state index contributed by atoms with van der Waals surface area (Å²) >= 11 is 1.54. The molecule has 0 spiro atoms. The van der Waals surface area contributed by atoms with Crippen molar-refractivity contribution in [1.29, 1.82) is 0 Å². The van der Waals surface area contributed by atoms with Crippen LogP contribution in [-0.4, -0.2) is 37.5 Å². The van der Waals surface area contributed by atoms with Crippen LogP contribution in [0.3, 0.4) is 0 Å². The third-order valence-electron chi connectivity index (χ3n) is 2.78. The normalized spacial score (nSPS) is 13.2. The first-order valence-corrected chi connectivity index (χ1v) is 9.07. The molecule has 1 unspecified atom stereocenters. The number of carboxylic acids is 1. The molecule has 1 rings (SSSR count). The quantitative estimate of drug-likeness (QED) is 0.803. The lowest BCUT2D eigenvalue weighted by Crippen LogP contribution is -2.34. The van der Waals surface area contributed by atoms with Gasteiger partial charge in [-0.15, -0.1) is 0 Å².